The summed E-state index contributed by atoms with van der Waals surface area (Å²) in [5, 5.41) is 68.4. The van der Waals surface area contributed by atoms with E-state index in [9.17, 15) is 43.1 Å². The third-order valence-electron chi connectivity index (χ3n) is 17.5. The number of likely N-dealkylation sites (N-methyl/N-ethyl adjacent to an activating group) is 2. The number of aliphatic hydroxyl groups excluding tert-OH is 3. The lowest BCUT2D eigenvalue weighted by atomic mass is 9.78. The number of sulfone groups is 1. The third-order valence-corrected chi connectivity index (χ3v) is 18.7. The topological polar surface area (TPSA) is 245 Å². The molecule has 3 aliphatic rings. The molecule has 0 aliphatic carbocycles. The number of carbonyl (C=O) groups is 1. The van der Waals surface area contributed by atoms with E-state index in [1.165, 1.54) is 13.4 Å². The van der Waals surface area contributed by atoms with Crippen LogP contribution < -0.4 is 0 Å². The zero-order valence-electron chi connectivity index (χ0n) is 49.6. The van der Waals surface area contributed by atoms with Crippen molar-refractivity contribution in [1.82, 2.24) is 24.8 Å². The Kier molecular flexibility index (Phi) is 22.5. The van der Waals surface area contributed by atoms with Gasteiger partial charge in [0.1, 0.15) is 30.6 Å². The van der Waals surface area contributed by atoms with Crippen LogP contribution in [0.1, 0.15) is 125 Å². The molecule has 3 saturated heterocycles. The summed E-state index contributed by atoms with van der Waals surface area (Å²) in [4.78, 5) is 18.9. The van der Waals surface area contributed by atoms with E-state index in [-0.39, 0.29) is 42.5 Å². The number of methoxy groups -OCH3 is 1. The Morgan fingerprint density at radius 2 is 1.56 bits per heavy atom. The Balaban J connectivity index is 1.23. The number of benzene rings is 2. The summed E-state index contributed by atoms with van der Waals surface area (Å²) in [6.45, 7) is 18.1. The molecular weight excluding hydrogens is 1050 g/mol. The summed E-state index contributed by atoms with van der Waals surface area (Å²) in [5.41, 5.74) is -1.05. The number of halogens is 1. The second-order valence-electron chi connectivity index (χ2n) is 24.4. The van der Waals surface area contributed by atoms with Crippen molar-refractivity contribution in [3.8, 4) is 11.1 Å². The minimum Gasteiger partial charge on any atom is -0.459 e. The highest BCUT2D eigenvalue weighted by molar-refractivity contribution is 7.90. The fourth-order valence-electron chi connectivity index (χ4n) is 12.0. The number of nitrogens with zero attached hydrogens (tertiary/aromatic N) is 5. The Morgan fingerprint density at radius 3 is 2.16 bits per heavy atom. The maximum atomic E-state index is 14.7. The standard InChI is InChI=1S/C59H94FN5O14S/c1-15-49-58(9,71)30-48(66)39(6)64(12)33-35(2)24-26-57(8,70)54(37(4)52(38(5)55(69)77-49)78-50-31-59(10,74-13)53(68)40(7)76-50)79-56-51(67)47(28-36(3)75-56)63(11)27-25-44-34-65(62-61-44)45(32-60)29-41-16-18-42(19-17-41)43-20-22-46(23-21-43)80(14,72)73/h16-23,34-40,45,47-54,56,66-68,70-71H,15,24-33H2,1-14H3/t35-,36-,37+,38-,39-,40+,45+,47+,48+,49-,50+,51-,52+,53+,54-,56+,57-,58+,59-/m1/s1. The first-order chi connectivity index (χ1) is 37.4. The van der Waals surface area contributed by atoms with Gasteiger partial charge in [-0.2, -0.15) is 0 Å². The molecule has 19 atom stereocenters. The molecule has 21 heteroatoms. The quantitative estimate of drug-likeness (QED) is 0.108. The van der Waals surface area contributed by atoms with Crippen LogP contribution in [0.5, 0.6) is 0 Å². The van der Waals surface area contributed by atoms with Crippen molar-refractivity contribution in [3.63, 3.8) is 0 Å². The molecule has 3 aliphatic heterocycles. The van der Waals surface area contributed by atoms with Gasteiger partial charge in [0, 0.05) is 69.9 Å². The van der Waals surface area contributed by atoms with Gasteiger partial charge < -0.3 is 63.8 Å². The molecule has 0 amide bonds. The summed E-state index contributed by atoms with van der Waals surface area (Å²) >= 11 is 0. The maximum absolute atomic E-state index is 14.7. The van der Waals surface area contributed by atoms with Crippen LogP contribution in [-0.4, -0.2) is 202 Å². The van der Waals surface area contributed by atoms with Gasteiger partial charge in [-0.15, -0.1) is 5.10 Å². The molecule has 1 aromatic heterocycles. The third kappa shape index (κ3) is 16.2. The molecule has 0 unspecified atom stereocenters. The van der Waals surface area contributed by atoms with E-state index < -0.39 is 125 Å². The predicted octanol–water partition coefficient (Wildman–Crippen LogP) is 5.71. The molecule has 19 nitrogen and oxygen atoms in total. The van der Waals surface area contributed by atoms with Crippen LogP contribution in [0.3, 0.4) is 0 Å². The number of aliphatic hydroxyl groups is 5. The minimum absolute atomic E-state index is 0.0165. The van der Waals surface area contributed by atoms with Gasteiger partial charge in [-0.25, -0.2) is 17.5 Å². The molecule has 4 heterocycles. The van der Waals surface area contributed by atoms with Gasteiger partial charge >= 0.3 is 5.97 Å². The summed E-state index contributed by atoms with van der Waals surface area (Å²) in [7, 11) is 1.98. The van der Waals surface area contributed by atoms with Crippen molar-refractivity contribution in [3.05, 3.63) is 66.0 Å². The van der Waals surface area contributed by atoms with Crippen molar-refractivity contribution in [2.24, 2.45) is 17.8 Å². The number of hydrogen-bond donors (Lipinski definition) is 5. The van der Waals surface area contributed by atoms with Crippen molar-refractivity contribution in [2.45, 2.75) is 222 Å². The number of alkyl halides is 1. The highest BCUT2D eigenvalue weighted by atomic mass is 32.2. The highest BCUT2D eigenvalue weighted by Gasteiger charge is 2.52. The minimum atomic E-state index is -3.32. The van der Waals surface area contributed by atoms with Crippen LogP contribution in [0, 0.1) is 17.8 Å². The van der Waals surface area contributed by atoms with Gasteiger partial charge in [-0.05, 0) is 129 Å². The van der Waals surface area contributed by atoms with Crippen LogP contribution in [-0.2, 0) is 55.9 Å². The number of rotatable bonds is 16. The van der Waals surface area contributed by atoms with E-state index in [0.717, 1.165) is 16.7 Å². The average Bonchev–Trinajstić information content (AvgIpc) is 3.98. The molecule has 80 heavy (non-hydrogen) atoms. The molecular formula is C59H94FN5O14S. The molecule has 0 radical (unpaired) electrons. The number of hydrogen-bond acceptors (Lipinski definition) is 18. The lowest BCUT2D eigenvalue weighted by Gasteiger charge is -2.48. The Labute approximate surface area is 474 Å². The summed E-state index contributed by atoms with van der Waals surface area (Å²) in [5.74, 6) is -2.58. The monoisotopic (exact) mass is 1150 g/mol. The fourth-order valence-corrected chi connectivity index (χ4v) is 12.6. The number of aromatic nitrogens is 3. The van der Waals surface area contributed by atoms with E-state index >= 15 is 0 Å². The first-order valence-electron chi connectivity index (χ1n) is 28.5. The van der Waals surface area contributed by atoms with Crippen molar-refractivity contribution >= 4 is 15.8 Å². The summed E-state index contributed by atoms with van der Waals surface area (Å²) in [6, 6.07) is 12.9. The molecule has 5 N–H and O–H groups in total. The molecule has 3 fully saturated rings. The molecule has 2 aromatic carbocycles. The van der Waals surface area contributed by atoms with E-state index in [4.69, 9.17) is 28.4 Å². The largest absolute Gasteiger partial charge is 0.459 e. The number of esters is 1. The van der Waals surface area contributed by atoms with Crippen LogP contribution in [0.2, 0.25) is 0 Å². The fraction of sp³-hybridized carbons (Fsp3) is 0.746. The molecule has 452 valence electrons. The van der Waals surface area contributed by atoms with Gasteiger partial charge in [0.15, 0.2) is 22.4 Å². The summed E-state index contributed by atoms with van der Waals surface area (Å²) in [6.07, 6.45) is -4.70. The zero-order chi connectivity index (χ0) is 59.2. The lowest BCUT2D eigenvalue weighted by molar-refractivity contribution is -0.318. The summed E-state index contributed by atoms with van der Waals surface area (Å²) < 4.78 is 78.6. The van der Waals surface area contributed by atoms with Crippen LogP contribution in [0.25, 0.3) is 11.1 Å². The Morgan fingerprint density at radius 1 is 0.925 bits per heavy atom. The number of cyclic esters (lactones) is 1. The predicted molar refractivity (Wildman–Crippen MR) is 300 cm³/mol. The first kappa shape index (κ1) is 65.6. The van der Waals surface area contributed by atoms with E-state index in [0.29, 0.717) is 44.5 Å². The smallest absolute Gasteiger partial charge is 0.311 e. The van der Waals surface area contributed by atoms with Crippen molar-refractivity contribution in [2.75, 3.05) is 47.2 Å². The Hall–Kier alpha value is -3.55. The van der Waals surface area contributed by atoms with Gasteiger partial charge in [0.05, 0.1) is 64.3 Å². The molecule has 3 aromatic rings. The van der Waals surface area contributed by atoms with Gasteiger partial charge in [0.25, 0.3) is 0 Å². The van der Waals surface area contributed by atoms with Crippen LogP contribution in [0.15, 0.2) is 59.6 Å². The second kappa shape index (κ2) is 27.4. The SMILES string of the molecule is CC[C@H]1OC(=O)[C@H](C)[C@@H](O[C@H]2C[C@@](C)(OC)[C@@H](O)[C@H](C)O2)[C@H](C)[C@@H](O[C@@H]2O[C@H](C)C[C@H](N(C)CCc3cn([C@H](CF)Cc4ccc(-c5ccc(S(C)(=O)=O)cc5)cc4)nn3)[C@H]2O)[C@](C)(O)CC[C@@H](C)CN(C)[C@H](C)[C@@H](O)C[C@]1(C)O. The van der Waals surface area contributed by atoms with E-state index in [2.05, 4.69) is 17.2 Å². The van der Waals surface area contributed by atoms with E-state index in [1.807, 2.05) is 68.9 Å². The molecule has 6 rings (SSSR count). The highest BCUT2D eigenvalue weighted by Crippen LogP contribution is 2.40. The first-order valence-corrected chi connectivity index (χ1v) is 30.4. The van der Waals surface area contributed by atoms with Crippen molar-refractivity contribution < 1.29 is 71.6 Å². The normalized spacial score (nSPS) is 37.3. The number of ether oxygens (including phenoxy) is 6. The van der Waals surface area contributed by atoms with Crippen molar-refractivity contribution in [1.29, 1.82) is 0 Å². The maximum Gasteiger partial charge on any atom is 0.311 e. The second-order valence-corrected chi connectivity index (χ2v) is 26.4. The van der Waals surface area contributed by atoms with Crippen LogP contribution >= 0.6 is 0 Å². The van der Waals surface area contributed by atoms with Crippen LogP contribution in [0.4, 0.5) is 4.39 Å². The lowest BCUT2D eigenvalue weighted by Crippen LogP contribution is -2.60. The molecule has 0 saturated carbocycles. The average molecular weight is 1150 g/mol. The van der Waals surface area contributed by atoms with E-state index in [1.54, 1.807) is 76.7 Å². The van der Waals surface area contributed by atoms with Gasteiger partial charge in [-0.1, -0.05) is 62.4 Å². The van der Waals surface area contributed by atoms with Gasteiger partial charge in [0.2, 0.25) is 0 Å². The Bertz CT molecular complexity index is 2540. The zero-order valence-corrected chi connectivity index (χ0v) is 50.5. The molecule has 0 bridgehead atoms. The van der Waals surface area contributed by atoms with Gasteiger partial charge in [-0.3, -0.25) is 4.79 Å². The molecule has 0 spiro atoms. The number of carbonyl (C=O) groups excluding carboxylic acids is 1.